The van der Waals surface area contributed by atoms with Crippen molar-refractivity contribution in [2.24, 2.45) is 5.73 Å². The first-order valence-electron chi connectivity index (χ1n) is 3.62. The predicted molar refractivity (Wildman–Crippen MR) is 47.5 cm³/mol. The third kappa shape index (κ3) is 6.39. The van der Waals surface area contributed by atoms with Crippen molar-refractivity contribution >= 4 is 11.8 Å². The molecule has 0 saturated carbocycles. The van der Waals surface area contributed by atoms with Gasteiger partial charge in [-0.2, -0.15) is 11.8 Å². The first-order chi connectivity index (χ1) is 4.81. The molecule has 3 heteroatoms. The van der Waals surface area contributed by atoms with Crippen LogP contribution in [0.2, 0.25) is 0 Å². The topological polar surface area (TPSA) is 35.2 Å². The van der Waals surface area contributed by atoms with Crippen molar-refractivity contribution in [2.45, 2.75) is 19.4 Å². The fourth-order valence-corrected chi connectivity index (χ4v) is 0.962. The van der Waals surface area contributed by atoms with E-state index < -0.39 is 0 Å². The average molecular weight is 163 g/mol. The molecule has 0 aliphatic rings. The van der Waals surface area contributed by atoms with Crippen LogP contribution in [-0.4, -0.2) is 31.3 Å². The summed E-state index contributed by atoms with van der Waals surface area (Å²) in [4.78, 5) is 0. The highest BCUT2D eigenvalue weighted by Crippen LogP contribution is 1.97. The largest absolute Gasteiger partial charge is 0.377 e. The highest BCUT2D eigenvalue weighted by molar-refractivity contribution is 7.98. The van der Waals surface area contributed by atoms with Crippen LogP contribution in [0.25, 0.3) is 0 Å². The molecule has 0 aliphatic carbocycles. The Hall–Kier alpha value is 0.270. The molecule has 0 heterocycles. The highest BCUT2D eigenvalue weighted by Gasteiger charge is 1.96. The SMILES string of the molecule is CSCCCOC(C)CN. The fourth-order valence-electron chi connectivity index (χ4n) is 0.556. The molecular weight excluding hydrogens is 146 g/mol. The number of rotatable bonds is 6. The third-order valence-corrected chi connectivity index (χ3v) is 1.92. The normalized spacial score (nSPS) is 13.5. The van der Waals surface area contributed by atoms with E-state index in [9.17, 15) is 0 Å². The minimum absolute atomic E-state index is 0.224. The zero-order valence-corrected chi connectivity index (χ0v) is 7.62. The summed E-state index contributed by atoms with van der Waals surface area (Å²) in [7, 11) is 0. The molecule has 1 atom stereocenters. The molecule has 1 unspecified atom stereocenters. The molecule has 0 rings (SSSR count). The van der Waals surface area contributed by atoms with E-state index in [1.807, 2.05) is 18.7 Å². The monoisotopic (exact) mass is 163 g/mol. The second-order valence-corrected chi connectivity index (χ2v) is 3.25. The maximum Gasteiger partial charge on any atom is 0.0669 e. The Morgan fingerprint density at radius 1 is 1.60 bits per heavy atom. The number of hydrogen-bond acceptors (Lipinski definition) is 3. The van der Waals surface area contributed by atoms with Crippen molar-refractivity contribution in [1.29, 1.82) is 0 Å². The van der Waals surface area contributed by atoms with Crippen molar-refractivity contribution in [3.05, 3.63) is 0 Å². The Morgan fingerprint density at radius 2 is 2.30 bits per heavy atom. The predicted octanol–water partition coefficient (Wildman–Crippen LogP) is 1.10. The summed E-state index contributed by atoms with van der Waals surface area (Å²) in [5, 5.41) is 0. The lowest BCUT2D eigenvalue weighted by atomic mass is 10.4. The zero-order chi connectivity index (χ0) is 7.82. The van der Waals surface area contributed by atoms with Crippen LogP contribution in [-0.2, 0) is 4.74 Å². The maximum atomic E-state index is 5.36. The quantitative estimate of drug-likeness (QED) is 0.596. The van der Waals surface area contributed by atoms with E-state index in [4.69, 9.17) is 10.5 Å². The van der Waals surface area contributed by atoms with Crippen LogP contribution in [0.15, 0.2) is 0 Å². The lowest BCUT2D eigenvalue weighted by molar-refractivity contribution is 0.0730. The Kier molecular flexibility index (Phi) is 7.58. The van der Waals surface area contributed by atoms with Gasteiger partial charge in [0.2, 0.25) is 0 Å². The lowest BCUT2D eigenvalue weighted by Gasteiger charge is -2.08. The van der Waals surface area contributed by atoms with Crippen LogP contribution in [0.4, 0.5) is 0 Å². The molecule has 0 saturated heterocycles. The Labute approximate surface area is 67.5 Å². The van der Waals surface area contributed by atoms with Crippen molar-refractivity contribution in [2.75, 3.05) is 25.2 Å². The van der Waals surface area contributed by atoms with Crippen molar-refractivity contribution in [3.8, 4) is 0 Å². The molecule has 0 bridgehead atoms. The molecule has 0 spiro atoms. The molecule has 0 aromatic rings. The minimum atomic E-state index is 0.224. The summed E-state index contributed by atoms with van der Waals surface area (Å²) in [6.07, 6.45) is 3.46. The molecule has 62 valence electrons. The number of hydrogen-bond donors (Lipinski definition) is 1. The lowest BCUT2D eigenvalue weighted by Crippen LogP contribution is -2.20. The molecule has 0 amide bonds. The summed E-state index contributed by atoms with van der Waals surface area (Å²) < 4.78 is 5.35. The second kappa shape index (κ2) is 7.38. The molecule has 0 fully saturated rings. The number of ether oxygens (including phenoxy) is 1. The minimum Gasteiger partial charge on any atom is -0.377 e. The zero-order valence-electron chi connectivity index (χ0n) is 6.80. The molecule has 0 radical (unpaired) electrons. The maximum absolute atomic E-state index is 5.36. The van der Waals surface area contributed by atoms with Crippen LogP contribution >= 0.6 is 11.8 Å². The molecule has 2 N–H and O–H groups in total. The van der Waals surface area contributed by atoms with Gasteiger partial charge in [-0.15, -0.1) is 0 Å². The van der Waals surface area contributed by atoms with Gasteiger partial charge in [0.25, 0.3) is 0 Å². The van der Waals surface area contributed by atoms with Gasteiger partial charge in [0.05, 0.1) is 6.10 Å². The van der Waals surface area contributed by atoms with Gasteiger partial charge in [-0.05, 0) is 25.4 Å². The van der Waals surface area contributed by atoms with Crippen molar-refractivity contribution < 1.29 is 4.74 Å². The first-order valence-corrected chi connectivity index (χ1v) is 5.01. The van der Waals surface area contributed by atoms with E-state index in [0.29, 0.717) is 6.54 Å². The summed E-state index contributed by atoms with van der Waals surface area (Å²) in [6, 6.07) is 0. The van der Waals surface area contributed by atoms with Gasteiger partial charge in [0, 0.05) is 13.2 Å². The molecule has 0 aromatic carbocycles. The number of thioether (sulfide) groups is 1. The van der Waals surface area contributed by atoms with E-state index in [-0.39, 0.29) is 6.10 Å². The van der Waals surface area contributed by atoms with Gasteiger partial charge in [0.1, 0.15) is 0 Å². The summed E-state index contributed by atoms with van der Waals surface area (Å²) in [6.45, 7) is 3.47. The highest BCUT2D eigenvalue weighted by atomic mass is 32.2. The van der Waals surface area contributed by atoms with Crippen LogP contribution in [0.3, 0.4) is 0 Å². The molecule has 10 heavy (non-hydrogen) atoms. The Balaban J connectivity index is 2.89. The number of nitrogens with two attached hydrogens (primary N) is 1. The standard InChI is InChI=1S/C7H17NOS/c1-7(6-8)9-4-3-5-10-2/h7H,3-6,8H2,1-2H3. The smallest absolute Gasteiger partial charge is 0.0669 e. The van der Waals surface area contributed by atoms with Gasteiger partial charge < -0.3 is 10.5 Å². The summed E-state index contributed by atoms with van der Waals surface area (Å²) in [5.41, 5.74) is 5.36. The van der Waals surface area contributed by atoms with E-state index >= 15 is 0 Å². The first kappa shape index (κ1) is 10.3. The average Bonchev–Trinajstić information content (AvgIpc) is 1.98. The van der Waals surface area contributed by atoms with Crippen LogP contribution in [0.5, 0.6) is 0 Å². The Morgan fingerprint density at radius 3 is 2.80 bits per heavy atom. The van der Waals surface area contributed by atoms with Crippen molar-refractivity contribution in [3.63, 3.8) is 0 Å². The Bertz CT molecular complexity index is 70.6. The van der Waals surface area contributed by atoms with Crippen molar-refractivity contribution in [1.82, 2.24) is 0 Å². The molecule has 0 aromatic heterocycles. The van der Waals surface area contributed by atoms with Crippen LogP contribution < -0.4 is 5.73 Å². The molecule has 0 aliphatic heterocycles. The second-order valence-electron chi connectivity index (χ2n) is 2.26. The van der Waals surface area contributed by atoms with Gasteiger partial charge >= 0.3 is 0 Å². The van der Waals surface area contributed by atoms with Crippen LogP contribution in [0.1, 0.15) is 13.3 Å². The van der Waals surface area contributed by atoms with E-state index in [1.165, 1.54) is 5.75 Å². The van der Waals surface area contributed by atoms with Crippen LogP contribution in [0, 0.1) is 0 Å². The van der Waals surface area contributed by atoms with E-state index in [0.717, 1.165) is 13.0 Å². The van der Waals surface area contributed by atoms with Gasteiger partial charge in [0.15, 0.2) is 0 Å². The van der Waals surface area contributed by atoms with Gasteiger partial charge in [-0.1, -0.05) is 0 Å². The third-order valence-electron chi connectivity index (χ3n) is 1.23. The van der Waals surface area contributed by atoms with E-state index in [2.05, 4.69) is 6.26 Å². The fraction of sp³-hybridized carbons (Fsp3) is 1.00. The summed E-state index contributed by atoms with van der Waals surface area (Å²) >= 11 is 1.85. The molecular formula is C7H17NOS. The molecule has 2 nitrogen and oxygen atoms in total. The summed E-state index contributed by atoms with van der Waals surface area (Å²) in [5.74, 6) is 1.18. The van der Waals surface area contributed by atoms with Gasteiger partial charge in [-0.25, -0.2) is 0 Å². The van der Waals surface area contributed by atoms with E-state index in [1.54, 1.807) is 0 Å². The van der Waals surface area contributed by atoms with Gasteiger partial charge in [-0.3, -0.25) is 0 Å².